The highest BCUT2D eigenvalue weighted by molar-refractivity contribution is 5.79. The fraction of sp³-hybridized carbons (Fsp3) is 0.480. The normalized spacial score (nSPS) is 26.7. The molecule has 0 radical (unpaired) electrons. The summed E-state index contributed by atoms with van der Waals surface area (Å²) in [6, 6.07) is 14.4. The maximum absolute atomic E-state index is 6.54. The predicted molar refractivity (Wildman–Crippen MR) is 122 cm³/mol. The third kappa shape index (κ3) is 3.80. The largest absolute Gasteiger partial charge is 0.494 e. The molecule has 2 spiro atoms. The van der Waals surface area contributed by atoms with Crippen molar-refractivity contribution in [2.75, 3.05) is 26.9 Å². The first kappa shape index (κ1) is 21.1. The standard InChI is InChI=1S/C25H31N3O4/c1-3-4-13-30-20-8-5-7-18(14-20)19-9-10-22-21(15-19)25(27-23(26)28(2)32-25)16-24(31-22)11-6-12-29-17-24/h5,7-10,14-15H,3-4,6,11-13,16-17H2,1-2H3,(H2,26,27). The van der Waals surface area contributed by atoms with Crippen LogP contribution in [0.5, 0.6) is 11.5 Å². The summed E-state index contributed by atoms with van der Waals surface area (Å²) in [7, 11) is 1.79. The summed E-state index contributed by atoms with van der Waals surface area (Å²) in [6.45, 7) is 4.16. The summed E-state index contributed by atoms with van der Waals surface area (Å²) in [6.07, 6.45) is 4.55. The first-order valence-corrected chi connectivity index (χ1v) is 11.5. The molecule has 7 nitrogen and oxygen atoms in total. The number of nitrogens with two attached hydrogens (primary N) is 1. The predicted octanol–water partition coefficient (Wildman–Crippen LogP) is 4.21. The molecule has 3 aliphatic rings. The van der Waals surface area contributed by atoms with Crippen LogP contribution in [0.3, 0.4) is 0 Å². The van der Waals surface area contributed by atoms with Crippen LogP contribution in [0.15, 0.2) is 47.5 Å². The molecule has 1 saturated heterocycles. The molecule has 3 aliphatic heterocycles. The molecule has 32 heavy (non-hydrogen) atoms. The van der Waals surface area contributed by atoms with Crippen LogP contribution in [0.25, 0.3) is 11.1 Å². The molecule has 170 valence electrons. The Morgan fingerprint density at radius 1 is 1.19 bits per heavy atom. The molecule has 0 aromatic heterocycles. The van der Waals surface area contributed by atoms with Crippen molar-refractivity contribution in [2.45, 2.75) is 50.4 Å². The number of nitrogens with zero attached hydrogens (tertiary/aromatic N) is 2. The van der Waals surface area contributed by atoms with Gasteiger partial charge in [0.1, 0.15) is 17.1 Å². The molecule has 5 rings (SSSR count). The van der Waals surface area contributed by atoms with E-state index >= 15 is 0 Å². The molecule has 0 saturated carbocycles. The smallest absolute Gasteiger partial charge is 0.222 e. The lowest BCUT2D eigenvalue weighted by molar-refractivity contribution is -0.216. The highest BCUT2D eigenvalue weighted by Gasteiger charge is 2.55. The van der Waals surface area contributed by atoms with Crippen LogP contribution in [0, 0.1) is 0 Å². The van der Waals surface area contributed by atoms with E-state index in [4.69, 9.17) is 29.8 Å². The summed E-state index contributed by atoms with van der Waals surface area (Å²) in [5.74, 6) is 2.01. The van der Waals surface area contributed by atoms with Crippen molar-refractivity contribution in [1.29, 1.82) is 0 Å². The van der Waals surface area contributed by atoms with E-state index in [1.165, 1.54) is 0 Å². The Balaban J connectivity index is 1.53. The van der Waals surface area contributed by atoms with Crippen LogP contribution in [-0.4, -0.2) is 43.5 Å². The Hall–Kier alpha value is -2.77. The van der Waals surface area contributed by atoms with Crippen molar-refractivity contribution in [1.82, 2.24) is 5.06 Å². The summed E-state index contributed by atoms with van der Waals surface area (Å²) in [4.78, 5) is 11.1. The number of guanidine groups is 1. The number of hydrogen-bond donors (Lipinski definition) is 1. The van der Waals surface area contributed by atoms with Crippen LogP contribution in [0.2, 0.25) is 0 Å². The van der Waals surface area contributed by atoms with E-state index in [2.05, 4.69) is 31.2 Å². The van der Waals surface area contributed by atoms with Crippen LogP contribution in [0.1, 0.15) is 44.6 Å². The van der Waals surface area contributed by atoms with Gasteiger partial charge in [0.2, 0.25) is 11.7 Å². The molecule has 2 atom stereocenters. The Labute approximate surface area is 189 Å². The number of aliphatic imine (C=N–C) groups is 1. The van der Waals surface area contributed by atoms with Gasteiger partial charge in [-0.3, -0.25) is 0 Å². The molecule has 0 bridgehead atoms. The number of fused-ring (bicyclic) bond motifs is 2. The van der Waals surface area contributed by atoms with Gasteiger partial charge in [0.05, 0.1) is 18.8 Å². The summed E-state index contributed by atoms with van der Waals surface area (Å²) < 4.78 is 18.2. The fourth-order valence-electron chi connectivity index (χ4n) is 4.78. The zero-order valence-electron chi connectivity index (χ0n) is 18.8. The van der Waals surface area contributed by atoms with Gasteiger partial charge >= 0.3 is 0 Å². The molecular formula is C25H31N3O4. The van der Waals surface area contributed by atoms with Gasteiger partial charge in [-0.25, -0.2) is 14.9 Å². The van der Waals surface area contributed by atoms with E-state index in [1.54, 1.807) is 12.1 Å². The van der Waals surface area contributed by atoms with Crippen molar-refractivity contribution in [2.24, 2.45) is 10.7 Å². The Morgan fingerprint density at radius 2 is 2.06 bits per heavy atom. The van der Waals surface area contributed by atoms with Gasteiger partial charge in [-0.2, -0.15) is 0 Å². The molecule has 1 fully saturated rings. The molecular weight excluding hydrogens is 406 g/mol. The molecule has 7 heteroatoms. The van der Waals surface area contributed by atoms with Crippen LogP contribution in [0.4, 0.5) is 0 Å². The lowest BCUT2D eigenvalue weighted by atomic mass is 9.80. The second kappa shape index (κ2) is 8.30. The highest BCUT2D eigenvalue weighted by atomic mass is 16.7. The fourth-order valence-corrected chi connectivity index (χ4v) is 4.78. The summed E-state index contributed by atoms with van der Waals surface area (Å²) in [5, 5.41) is 1.54. The first-order valence-electron chi connectivity index (χ1n) is 11.5. The maximum Gasteiger partial charge on any atom is 0.222 e. The van der Waals surface area contributed by atoms with Crippen molar-refractivity contribution >= 4 is 5.96 Å². The molecule has 3 heterocycles. The van der Waals surface area contributed by atoms with Gasteiger partial charge in [-0.1, -0.05) is 31.5 Å². The van der Waals surface area contributed by atoms with E-state index in [-0.39, 0.29) is 0 Å². The topological polar surface area (TPSA) is 78.5 Å². The van der Waals surface area contributed by atoms with Crippen LogP contribution < -0.4 is 15.2 Å². The van der Waals surface area contributed by atoms with E-state index in [9.17, 15) is 0 Å². The Morgan fingerprint density at radius 3 is 2.81 bits per heavy atom. The molecule has 2 aromatic carbocycles. The van der Waals surface area contributed by atoms with Gasteiger partial charge < -0.3 is 19.9 Å². The van der Waals surface area contributed by atoms with E-state index in [1.807, 2.05) is 18.2 Å². The number of hydrogen-bond acceptors (Lipinski definition) is 7. The van der Waals surface area contributed by atoms with Gasteiger partial charge in [0, 0.05) is 20.1 Å². The number of ether oxygens (including phenoxy) is 3. The van der Waals surface area contributed by atoms with Crippen molar-refractivity contribution < 1.29 is 19.0 Å². The third-order valence-corrected chi connectivity index (χ3v) is 6.41. The molecule has 0 aliphatic carbocycles. The van der Waals surface area contributed by atoms with Gasteiger partial charge in [-0.05, 0) is 54.7 Å². The number of hydroxylamine groups is 2. The molecule has 2 N–H and O–H groups in total. The van der Waals surface area contributed by atoms with E-state index < -0.39 is 11.3 Å². The van der Waals surface area contributed by atoms with Crippen molar-refractivity contribution in [3.05, 3.63) is 48.0 Å². The first-order chi connectivity index (χ1) is 15.5. The average Bonchev–Trinajstić information content (AvgIpc) is 3.07. The minimum absolute atomic E-state index is 0.362. The lowest BCUT2D eigenvalue weighted by Crippen LogP contribution is -2.53. The zero-order chi connectivity index (χ0) is 22.2. The summed E-state index contributed by atoms with van der Waals surface area (Å²) >= 11 is 0. The zero-order valence-corrected chi connectivity index (χ0v) is 18.8. The second-order valence-corrected chi connectivity index (χ2v) is 8.90. The van der Waals surface area contributed by atoms with Crippen LogP contribution in [-0.2, 0) is 15.3 Å². The Kier molecular flexibility index (Phi) is 5.47. The van der Waals surface area contributed by atoms with Crippen LogP contribution >= 0.6 is 0 Å². The highest BCUT2D eigenvalue weighted by Crippen LogP contribution is 2.52. The monoisotopic (exact) mass is 437 g/mol. The third-order valence-electron chi connectivity index (χ3n) is 6.41. The SMILES string of the molecule is CCCCOc1cccc(-c2ccc3c(c2)C2(CC4(CCCOC4)O3)N=C(N)N(C)O2)c1. The maximum atomic E-state index is 6.54. The minimum atomic E-state index is -0.918. The second-order valence-electron chi connectivity index (χ2n) is 8.90. The quantitative estimate of drug-likeness (QED) is 0.706. The van der Waals surface area contributed by atoms with E-state index in [0.29, 0.717) is 19.0 Å². The lowest BCUT2D eigenvalue weighted by Gasteiger charge is -2.46. The Bertz CT molecular complexity index is 1020. The van der Waals surface area contributed by atoms with Gasteiger partial charge in [0.15, 0.2) is 0 Å². The van der Waals surface area contributed by atoms with E-state index in [0.717, 1.165) is 67.1 Å². The van der Waals surface area contributed by atoms with Crippen molar-refractivity contribution in [3.63, 3.8) is 0 Å². The minimum Gasteiger partial charge on any atom is -0.494 e. The molecule has 2 aromatic rings. The summed E-state index contributed by atoms with van der Waals surface area (Å²) in [5.41, 5.74) is 7.77. The number of unbranched alkanes of at least 4 members (excludes halogenated alkanes) is 1. The van der Waals surface area contributed by atoms with Gasteiger partial charge in [-0.15, -0.1) is 0 Å². The van der Waals surface area contributed by atoms with Gasteiger partial charge in [0.25, 0.3) is 0 Å². The molecule has 2 unspecified atom stereocenters. The number of rotatable bonds is 5. The average molecular weight is 438 g/mol. The number of benzene rings is 2. The molecule has 0 amide bonds. The van der Waals surface area contributed by atoms with Crippen molar-refractivity contribution in [3.8, 4) is 22.6 Å².